The molecule has 18 heavy (non-hydrogen) atoms. The maximum atomic E-state index is 11.8. The van der Waals surface area contributed by atoms with Crippen LogP contribution in [0.4, 0.5) is 11.4 Å². The van der Waals surface area contributed by atoms with E-state index >= 15 is 0 Å². The number of para-hydroxylation sites is 2. The second-order valence-corrected chi connectivity index (χ2v) is 5.18. The zero-order valence-electron chi connectivity index (χ0n) is 10.8. The molecule has 3 heteroatoms. The van der Waals surface area contributed by atoms with Crippen LogP contribution in [0.3, 0.4) is 0 Å². The molecule has 2 rings (SSSR count). The van der Waals surface area contributed by atoms with Gasteiger partial charge in [0, 0.05) is 6.42 Å². The van der Waals surface area contributed by atoms with Crippen molar-refractivity contribution in [3.05, 3.63) is 24.3 Å². The fraction of sp³-hybridized carbons (Fsp3) is 0.533. The lowest BCUT2D eigenvalue weighted by Gasteiger charge is -2.21. The maximum absolute atomic E-state index is 11.8. The molecule has 0 unspecified atom stereocenters. The predicted molar refractivity (Wildman–Crippen MR) is 75.3 cm³/mol. The standard InChI is InChI=1S/C15H22N2O/c16-13-8-4-5-9-14(13)17-15(18)11-10-12-6-2-1-3-7-12/h4-5,8-9,12H,1-3,6-7,10-11,16H2,(H,17,18). The first-order valence-electron chi connectivity index (χ1n) is 6.90. The summed E-state index contributed by atoms with van der Waals surface area (Å²) in [6.07, 6.45) is 8.23. The summed E-state index contributed by atoms with van der Waals surface area (Å²) in [5.41, 5.74) is 7.15. The van der Waals surface area contributed by atoms with Gasteiger partial charge in [0.15, 0.2) is 0 Å². The van der Waals surface area contributed by atoms with Crippen molar-refractivity contribution >= 4 is 17.3 Å². The van der Waals surface area contributed by atoms with Gasteiger partial charge in [0.05, 0.1) is 11.4 Å². The average molecular weight is 246 g/mol. The molecular formula is C15H22N2O. The van der Waals surface area contributed by atoms with Crippen LogP contribution in [0, 0.1) is 5.92 Å². The summed E-state index contributed by atoms with van der Waals surface area (Å²) in [7, 11) is 0. The van der Waals surface area contributed by atoms with Crippen LogP contribution >= 0.6 is 0 Å². The molecule has 0 radical (unpaired) electrons. The Hall–Kier alpha value is -1.51. The Morgan fingerprint density at radius 3 is 2.67 bits per heavy atom. The molecule has 3 N–H and O–H groups in total. The number of rotatable bonds is 4. The molecule has 3 nitrogen and oxygen atoms in total. The highest BCUT2D eigenvalue weighted by atomic mass is 16.1. The molecule has 0 saturated heterocycles. The van der Waals surface area contributed by atoms with Gasteiger partial charge in [0.2, 0.25) is 5.91 Å². The molecule has 0 aliphatic heterocycles. The van der Waals surface area contributed by atoms with Gasteiger partial charge < -0.3 is 11.1 Å². The van der Waals surface area contributed by atoms with E-state index in [1.165, 1.54) is 32.1 Å². The zero-order chi connectivity index (χ0) is 12.8. The van der Waals surface area contributed by atoms with E-state index < -0.39 is 0 Å². The summed E-state index contributed by atoms with van der Waals surface area (Å²) in [6.45, 7) is 0. The number of carbonyl (C=O) groups is 1. The zero-order valence-corrected chi connectivity index (χ0v) is 10.8. The second-order valence-electron chi connectivity index (χ2n) is 5.18. The smallest absolute Gasteiger partial charge is 0.224 e. The number of anilines is 2. The van der Waals surface area contributed by atoms with Crippen molar-refractivity contribution in [2.24, 2.45) is 5.92 Å². The average Bonchev–Trinajstić information content (AvgIpc) is 2.40. The third kappa shape index (κ3) is 3.76. The lowest BCUT2D eigenvalue weighted by molar-refractivity contribution is -0.116. The Kier molecular flexibility index (Phi) is 4.62. The van der Waals surface area contributed by atoms with Crippen LogP contribution in [0.1, 0.15) is 44.9 Å². The minimum absolute atomic E-state index is 0.0819. The molecule has 0 heterocycles. The summed E-state index contributed by atoms with van der Waals surface area (Å²) in [5.74, 6) is 0.830. The Morgan fingerprint density at radius 1 is 1.22 bits per heavy atom. The Balaban J connectivity index is 1.76. The minimum Gasteiger partial charge on any atom is -0.397 e. The summed E-state index contributed by atoms with van der Waals surface area (Å²) < 4.78 is 0. The van der Waals surface area contributed by atoms with E-state index in [2.05, 4.69) is 5.32 Å². The molecule has 1 aliphatic carbocycles. The van der Waals surface area contributed by atoms with Crippen molar-refractivity contribution in [3.63, 3.8) is 0 Å². The van der Waals surface area contributed by atoms with Crippen molar-refractivity contribution in [2.45, 2.75) is 44.9 Å². The van der Waals surface area contributed by atoms with Gasteiger partial charge in [-0.15, -0.1) is 0 Å². The highest BCUT2D eigenvalue weighted by Gasteiger charge is 2.15. The molecule has 1 aliphatic rings. The van der Waals surface area contributed by atoms with Crippen LogP contribution in [-0.2, 0) is 4.79 Å². The van der Waals surface area contributed by atoms with E-state index in [1.807, 2.05) is 18.2 Å². The third-order valence-corrected chi connectivity index (χ3v) is 3.74. The lowest BCUT2D eigenvalue weighted by atomic mass is 9.86. The fourth-order valence-electron chi connectivity index (χ4n) is 2.63. The first-order chi connectivity index (χ1) is 8.75. The molecule has 1 saturated carbocycles. The molecule has 1 aromatic rings. The molecule has 0 bridgehead atoms. The monoisotopic (exact) mass is 246 g/mol. The van der Waals surface area contributed by atoms with Crippen molar-refractivity contribution in [3.8, 4) is 0 Å². The summed E-state index contributed by atoms with van der Waals surface area (Å²) in [5, 5.41) is 2.89. The van der Waals surface area contributed by atoms with Gasteiger partial charge in [-0.05, 0) is 24.5 Å². The number of hydrogen-bond donors (Lipinski definition) is 2. The van der Waals surface area contributed by atoms with Crippen LogP contribution in [0.25, 0.3) is 0 Å². The van der Waals surface area contributed by atoms with Gasteiger partial charge in [-0.1, -0.05) is 44.2 Å². The summed E-state index contributed by atoms with van der Waals surface area (Å²) in [6, 6.07) is 7.39. The SMILES string of the molecule is Nc1ccccc1NC(=O)CCC1CCCCC1. The van der Waals surface area contributed by atoms with Gasteiger partial charge in [-0.25, -0.2) is 0 Å². The van der Waals surface area contributed by atoms with Crippen molar-refractivity contribution < 1.29 is 4.79 Å². The molecular weight excluding hydrogens is 224 g/mol. The minimum atomic E-state index is 0.0819. The largest absolute Gasteiger partial charge is 0.397 e. The number of nitrogens with one attached hydrogen (secondary N) is 1. The molecule has 0 atom stereocenters. The van der Waals surface area contributed by atoms with Crippen LogP contribution in [0.15, 0.2) is 24.3 Å². The van der Waals surface area contributed by atoms with E-state index in [1.54, 1.807) is 6.07 Å². The van der Waals surface area contributed by atoms with Crippen LogP contribution < -0.4 is 11.1 Å². The fourth-order valence-corrected chi connectivity index (χ4v) is 2.63. The molecule has 0 spiro atoms. The highest BCUT2D eigenvalue weighted by molar-refractivity contribution is 5.93. The van der Waals surface area contributed by atoms with E-state index in [9.17, 15) is 4.79 Å². The van der Waals surface area contributed by atoms with Crippen molar-refractivity contribution in [1.82, 2.24) is 0 Å². The molecule has 1 amide bonds. The van der Waals surface area contributed by atoms with E-state index in [0.29, 0.717) is 12.1 Å². The van der Waals surface area contributed by atoms with Gasteiger partial charge in [-0.2, -0.15) is 0 Å². The quantitative estimate of drug-likeness (QED) is 0.798. The Morgan fingerprint density at radius 2 is 1.94 bits per heavy atom. The van der Waals surface area contributed by atoms with Crippen LogP contribution in [-0.4, -0.2) is 5.91 Å². The number of carbonyl (C=O) groups excluding carboxylic acids is 1. The first-order valence-corrected chi connectivity index (χ1v) is 6.90. The van der Waals surface area contributed by atoms with Gasteiger partial charge >= 0.3 is 0 Å². The van der Waals surface area contributed by atoms with Gasteiger partial charge in [0.1, 0.15) is 0 Å². The maximum Gasteiger partial charge on any atom is 0.224 e. The number of nitrogens with two attached hydrogens (primary N) is 1. The lowest BCUT2D eigenvalue weighted by Crippen LogP contribution is -2.15. The van der Waals surface area contributed by atoms with E-state index in [0.717, 1.165) is 18.0 Å². The van der Waals surface area contributed by atoms with Crippen molar-refractivity contribution in [1.29, 1.82) is 0 Å². The van der Waals surface area contributed by atoms with Crippen molar-refractivity contribution in [2.75, 3.05) is 11.1 Å². The summed E-state index contributed by atoms with van der Waals surface area (Å²) in [4.78, 5) is 11.8. The number of benzene rings is 1. The first kappa shape index (κ1) is 12.9. The van der Waals surface area contributed by atoms with Gasteiger partial charge in [-0.3, -0.25) is 4.79 Å². The highest BCUT2D eigenvalue weighted by Crippen LogP contribution is 2.27. The second kappa shape index (κ2) is 6.43. The number of hydrogen-bond acceptors (Lipinski definition) is 2. The molecule has 0 aromatic heterocycles. The van der Waals surface area contributed by atoms with Crippen LogP contribution in [0.5, 0.6) is 0 Å². The Labute approximate surface area is 109 Å². The molecule has 1 aromatic carbocycles. The topological polar surface area (TPSA) is 55.1 Å². The molecule has 1 fully saturated rings. The summed E-state index contributed by atoms with van der Waals surface area (Å²) >= 11 is 0. The number of amides is 1. The normalized spacial score (nSPS) is 16.4. The van der Waals surface area contributed by atoms with Gasteiger partial charge in [0.25, 0.3) is 0 Å². The van der Waals surface area contributed by atoms with Crippen LogP contribution in [0.2, 0.25) is 0 Å². The van der Waals surface area contributed by atoms with E-state index in [-0.39, 0.29) is 5.91 Å². The van der Waals surface area contributed by atoms with E-state index in [4.69, 9.17) is 5.73 Å². The Bertz CT molecular complexity index is 397. The number of nitrogen functional groups attached to an aromatic ring is 1. The molecule has 98 valence electrons. The predicted octanol–water partition coefficient (Wildman–Crippen LogP) is 3.57. The third-order valence-electron chi connectivity index (χ3n) is 3.74.